The van der Waals surface area contributed by atoms with Gasteiger partial charge in [0.05, 0.1) is 84.2 Å². The summed E-state index contributed by atoms with van der Waals surface area (Å²) >= 11 is 0. The Bertz CT molecular complexity index is 8640. The average molecular weight is 1470 g/mol. The van der Waals surface area contributed by atoms with Crippen molar-refractivity contribution in [3.8, 4) is 61.6 Å². The van der Waals surface area contributed by atoms with Crippen LogP contribution < -0.4 is 31.1 Å². The summed E-state index contributed by atoms with van der Waals surface area (Å²) in [5, 5.41) is -1.33. The summed E-state index contributed by atoms with van der Waals surface area (Å²) < 4.78 is 281. The molecule has 0 unspecified atom stereocenters. The lowest BCUT2D eigenvalue weighted by Crippen LogP contribution is -2.61. The van der Waals surface area contributed by atoms with Crippen LogP contribution in [0.15, 0.2) is 400 Å². The first-order valence-corrected chi connectivity index (χ1v) is 36.9. The fraction of sp³-hybridized carbons (Fsp3) is 0.0377. The third-order valence-electron chi connectivity index (χ3n) is 21.7. The minimum atomic E-state index is -1.12. The second-order valence-corrected chi connectivity index (χ2v) is 29.1. The number of hydrogen-bond donors (Lipinski definition) is 0. The van der Waals surface area contributed by atoms with Crippen LogP contribution in [-0.4, -0.2) is 20.4 Å². The first-order valence-electron chi connectivity index (χ1n) is 51.4. The highest BCUT2D eigenvalue weighted by atomic mass is 15.2. The Morgan fingerprint density at radius 3 is 1.09 bits per heavy atom. The molecule has 0 atom stereocenters. The van der Waals surface area contributed by atoms with Crippen LogP contribution in [0.4, 0.5) is 51.2 Å². The van der Waals surface area contributed by atoms with Crippen molar-refractivity contribution in [2.24, 2.45) is 0 Å². The zero-order valence-corrected chi connectivity index (χ0v) is 60.6. The van der Waals surface area contributed by atoms with E-state index in [0.29, 0.717) is 78.2 Å². The lowest BCUT2D eigenvalue weighted by molar-refractivity contribution is 0.591. The third-order valence-corrected chi connectivity index (χ3v) is 21.7. The highest BCUT2D eigenvalue weighted by molar-refractivity contribution is 7.00. The normalized spacial score (nSPS) is 16.1. The van der Waals surface area contributed by atoms with E-state index < -0.39 is 193 Å². The van der Waals surface area contributed by atoms with Crippen LogP contribution in [0.5, 0.6) is 0 Å². The van der Waals surface area contributed by atoms with Gasteiger partial charge in [-0.3, -0.25) is 0 Å². The molecule has 2 aliphatic rings. The molecule has 0 radical (unpaired) electrons. The van der Waals surface area contributed by atoms with Gasteiger partial charge in [-0.05, 0) is 200 Å². The van der Waals surface area contributed by atoms with Crippen LogP contribution in [0.2, 0.25) is 0 Å². The maximum absolute atomic E-state index is 10.3. The van der Waals surface area contributed by atoms with E-state index in [9.17, 15) is 32.9 Å². The van der Waals surface area contributed by atoms with Crippen molar-refractivity contribution >= 4 is 140 Å². The second-order valence-electron chi connectivity index (χ2n) is 29.1. The van der Waals surface area contributed by atoms with Crippen molar-refractivity contribution in [1.82, 2.24) is 13.7 Å². The van der Waals surface area contributed by atoms with Gasteiger partial charge in [-0.2, -0.15) is 0 Å². The largest absolute Gasteiger partial charge is 0.311 e. The van der Waals surface area contributed by atoms with Gasteiger partial charge in [0.1, 0.15) is 0 Å². The lowest BCUT2D eigenvalue weighted by atomic mass is 9.33. The van der Waals surface area contributed by atoms with Crippen LogP contribution in [0.25, 0.3) is 127 Å². The van der Waals surface area contributed by atoms with Crippen LogP contribution in [-0.2, 0) is 5.41 Å². The number of benzene rings is 17. The van der Waals surface area contributed by atoms with Gasteiger partial charge in [-0.15, -0.1) is 0 Å². The van der Waals surface area contributed by atoms with Gasteiger partial charge in [-0.1, -0.05) is 281 Å². The summed E-state index contributed by atoms with van der Waals surface area (Å²) in [6.07, 6.45) is 0. The number of fused-ring (bicyclic) bond motifs is 13. The zero-order valence-electron chi connectivity index (χ0n) is 89.6. The van der Waals surface area contributed by atoms with Crippen molar-refractivity contribution in [2.75, 3.05) is 14.7 Å². The Hall–Kier alpha value is -14.4. The predicted molar refractivity (Wildman–Crippen MR) is 479 cm³/mol. The Balaban J connectivity index is 0.946. The summed E-state index contributed by atoms with van der Waals surface area (Å²) in [4.78, 5) is 5.49. The first kappa shape index (κ1) is 42.5. The van der Waals surface area contributed by atoms with Gasteiger partial charge in [0.2, 0.25) is 0 Å². The molecule has 0 fully saturated rings. The molecule has 22 rings (SSSR count). The molecule has 5 heterocycles. The Kier molecular flexibility index (Phi) is 9.85. The van der Waals surface area contributed by atoms with Crippen LogP contribution in [0, 0.1) is 0 Å². The van der Waals surface area contributed by atoms with E-state index in [1.807, 2.05) is 161 Å². The van der Waals surface area contributed by atoms with Crippen molar-refractivity contribution < 1.29 is 39.8 Å². The molecule has 7 heteroatoms. The van der Waals surface area contributed by atoms with Crippen molar-refractivity contribution in [3.05, 3.63) is 405 Å². The molecule has 3 aromatic heterocycles. The number of rotatable bonds is 12. The van der Waals surface area contributed by atoms with E-state index in [1.54, 1.807) is 36.4 Å². The minimum Gasteiger partial charge on any atom is -0.311 e. The minimum absolute atomic E-state index is 0.0257. The highest BCUT2D eigenvalue weighted by Crippen LogP contribution is 2.54. The Morgan fingerprint density at radius 2 is 0.637 bits per heavy atom. The lowest BCUT2D eigenvalue weighted by Gasteiger charge is -2.46. The van der Waals surface area contributed by atoms with Gasteiger partial charge in [0, 0.05) is 100 Å². The molecule has 0 saturated carbocycles. The monoisotopic (exact) mass is 1470 g/mol. The van der Waals surface area contributed by atoms with Gasteiger partial charge in [-0.25, -0.2) is 0 Å². The maximum atomic E-state index is 10.3. The van der Waals surface area contributed by atoms with E-state index in [0.717, 1.165) is 16.7 Å². The summed E-state index contributed by atoms with van der Waals surface area (Å²) in [5.74, 6) is 0. The number of nitrogens with zero attached hydrogens (tertiary/aromatic N) is 6. The standard InChI is InChI=1S/C106H75BN6/c1-106(2,3)76-64-90(72-35-13-6-14-36-72)105(91(65-76)73-37-15-7-16-38-73)113-101-67-81(110-96-49-27-21-43-86(96)87-44-22-28-50-97(87)110)58-60-93(101)107-92-59-57-80(108(77-39-17-8-18-40-77)78-53-55-79(56-54-78)109-94-47-25-19-41-84(94)85-42-20-26-48-95(85)109)66-100(92)112(82-62-74(70-31-9-4-10-32-70)61-75(63-82)71-33-11-5-12-34-71)102-68-83(69-103(113)104(102)107)111-98-51-29-23-45-88(98)89-46-24-30-52-99(89)111/h4-69H,1-3H3/i8D,17D,18D,19D,20D,21D,22D,23D,24D,25D,26D,27D,28D,29D,30D,39D,40D,41D,42D,43D,44D,45D,46D,47D,48D,49D,50D,51D,52D. The number of hydrogen-bond acceptors (Lipinski definition) is 3. The molecular weight excluding hydrogens is 1370 g/mol. The van der Waals surface area contributed by atoms with Crippen molar-refractivity contribution in [1.29, 1.82) is 0 Å². The van der Waals surface area contributed by atoms with E-state index in [1.165, 1.54) is 42.9 Å². The van der Waals surface area contributed by atoms with Gasteiger partial charge >= 0.3 is 0 Å². The highest BCUT2D eigenvalue weighted by Gasteiger charge is 2.46. The van der Waals surface area contributed by atoms with Gasteiger partial charge in [0.15, 0.2) is 0 Å². The quantitative estimate of drug-likeness (QED) is 0.114. The van der Waals surface area contributed by atoms with Crippen LogP contribution >= 0.6 is 0 Å². The molecule has 113 heavy (non-hydrogen) atoms. The SMILES string of the molecule is [2H]c1c([2H])c([2H])c(N(c2ccc(-n3c4c([2H])c([2H])c([2H])c([2H])c4c4c([2H])c([2H])c([2H])c([2H])c43)cc2)c2ccc3c(c2)N(c2cc(-c4ccccc4)cc(-c4ccccc4)c2)c2cc(-n4c5c([2H])c([2H])c([2H])c([2H])c5c5c([2H])c([2H])c([2H])c([2H])c54)cc4c2B3c2ccc(-n3c5c([2H])c([2H])c([2H])c([2H])c5c5c([2H])c([2H])c([2H])c([2H])c53)cc2N4c2c(-c3ccccc3)cc(C(C)(C)C)cc2-c2ccccc2)c([2H])c1[2H]. The Labute approximate surface area is 698 Å². The molecule has 0 saturated heterocycles. The summed E-state index contributed by atoms with van der Waals surface area (Å²) in [5.41, 5.74) is 7.95. The van der Waals surface area contributed by atoms with E-state index in [2.05, 4.69) is 32.9 Å². The molecule has 532 valence electrons. The molecular formula is C106H75BN6. The summed E-state index contributed by atoms with van der Waals surface area (Å²) in [7, 11) is 0. The van der Waals surface area contributed by atoms with Crippen LogP contribution in [0.1, 0.15) is 66.1 Å². The predicted octanol–water partition coefficient (Wildman–Crippen LogP) is 26.5. The fourth-order valence-corrected chi connectivity index (χ4v) is 16.7. The molecule has 0 amide bonds. The molecule has 0 aliphatic carbocycles. The molecule has 0 bridgehead atoms. The van der Waals surface area contributed by atoms with Crippen LogP contribution in [0.3, 0.4) is 0 Å². The van der Waals surface area contributed by atoms with Crippen molar-refractivity contribution in [2.45, 2.75) is 26.2 Å². The zero-order chi connectivity index (χ0) is 100. The summed E-state index contributed by atoms with van der Waals surface area (Å²) in [6, 6.07) is 50.0. The average Bonchev–Trinajstić information content (AvgIpc) is 0.976. The molecule has 20 aromatic rings. The number of para-hydroxylation sites is 7. The van der Waals surface area contributed by atoms with E-state index in [-0.39, 0.29) is 99.5 Å². The van der Waals surface area contributed by atoms with E-state index >= 15 is 0 Å². The fourth-order valence-electron chi connectivity index (χ4n) is 16.7. The summed E-state index contributed by atoms with van der Waals surface area (Å²) in [6.45, 7) is 5.15. The molecule has 6 nitrogen and oxygen atoms in total. The smallest absolute Gasteiger partial charge is 0.252 e. The molecule has 2 aliphatic heterocycles. The molecule has 0 N–H and O–H groups in total. The third kappa shape index (κ3) is 10.6. The first-order chi connectivity index (χ1) is 67.7. The molecule has 0 spiro atoms. The maximum Gasteiger partial charge on any atom is 0.252 e. The van der Waals surface area contributed by atoms with Crippen molar-refractivity contribution in [3.63, 3.8) is 0 Å². The number of anilines is 9. The topological polar surface area (TPSA) is 24.5 Å². The second kappa shape index (κ2) is 26.2. The van der Waals surface area contributed by atoms with Gasteiger partial charge in [0.25, 0.3) is 6.71 Å². The van der Waals surface area contributed by atoms with E-state index in [4.69, 9.17) is 6.85 Å². The molecule has 17 aromatic carbocycles. The Morgan fingerprint density at radius 1 is 0.274 bits per heavy atom. The van der Waals surface area contributed by atoms with Gasteiger partial charge < -0.3 is 28.4 Å². The number of aromatic nitrogens is 3.